The molecule has 3 rings (SSSR count). The first-order chi connectivity index (χ1) is 13.0. The number of aryl methyl sites for hydroxylation is 1. The summed E-state index contributed by atoms with van der Waals surface area (Å²) in [5, 5.41) is 11.5. The molecule has 0 aliphatic carbocycles. The van der Waals surface area contributed by atoms with Crippen LogP contribution in [0.25, 0.3) is 11.1 Å². The summed E-state index contributed by atoms with van der Waals surface area (Å²) in [5.41, 5.74) is 3.16. The number of rotatable bonds is 6. The third kappa shape index (κ3) is 4.26. The van der Waals surface area contributed by atoms with E-state index in [1.165, 1.54) is 0 Å². The van der Waals surface area contributed by atoms with Crippen molar-refractivity contribution < 1.29 is 14.6 Å². The largest absolute Gasteiger partial charge is 0.466 e. The van der Waals surface area contributed by atoms with Gasteiger partial charge in [-0.15, -0.1) is 0 Å². The van der Waals surface area contributed by atoms with Crippen LogP contribution >= 0.6 is 0 Å². The zero-order valence-corrected chi connectivity index (χ0v) is 15.7. The minimum atomic E-state index is -1.44. The Hall–Kier alpha value is -2.91. The number of ether oxygens (including phenoxy) is 1. The molecule has 0 spiro atoms. The molecule has 0 heterocycles. The van der Waals surface area contributed by atoms with Gasteiger partial charge in [0.25, 0.3) is 0 Å². The van der Waals surface area contributed by atoms with Gasteiger partial charge >= 0.3 is 5.97 Å². The standard InChI is InChI=1S/C24H24O3/c1-3-27-23(25)17-24(26,21-13-9-18(2)10-14-21)22-15-11-20(12-16-22)19-7-5-4-6-8-19/h4-16,26H,3,17H2,1-2H3/t24-/m1/s1. The summed E-state index contributed by atoms with van der Waals surface area (Å²) in [6, 6.07) is 25.3. The second-order valence-electron chi connectivity index (χ2n) is 6.65. The number of carbonyl (C=O) groups is 1. The predicted molar refractivity (Wildman–Crippen MR) is 107 cm³/mol. The van der Waals surface area contributed by atoms with E-state index in [0.717, 1.165) is 16.7 Å². The maximum Gasteiger partial charge on any atom is 0.309 e. The zero-order chi connectivity index (χ0) is 19.3. The van der Waals surface area contributed by atoms with E-state index in [9.17, 15) is 9.90 Å². The van der Waals surface area contributed by atoms with Gasteiger partial charge in [0, 0.05) is 0 Å². The molecule has 0 saturated carbocycles. The smallest absolute Gasteiger partial charge is 0.309 e. The van der Waals surface area contributed by atoms with Crippen molar-refractivity contribution in [3.63, 3.8) is 0 Å². The number of carbonyl (C=O) groups excluding carboxylic acids is 1. The molecule has 0 aliphatic heterocycles. The molecule has 0 unspecified atom stereocenters. The van der Waals surface area contributed by atoms with E-state index in [0.29, 0.717) is 11.1 Å². The van der Waals surface area contributed by atoms with E-state index in [1.54, 1.807) is 6.92 Å². The van der Waals surface area contributed by atoms with Crippen LogP contribution in [0, 0.1) is 6.92 Å². The van der Waals surface area contributed by atoms with Crippen molar-refractivity contribution in [2.45, 2.75) is 25.9 Å². The van der Waals surface area contributed by atoms with Gasteiger partial charge in [-0.3, -0.25) is 4.79 Å². The molecule has 0 radical (unpaired) electrons. The molecular formula is C24H24O3. The minimum absolute atomic E-state index is 0.130. The van der Waals surface area contributed by atoms with E-state index in [2.05, 4.69) is 0 Å². The Bertz CT molecular complexity index is 883. The van der Waals surface area contributed by atoms with Crippen LogP contribution < -0.4 is 0 Å². The van der Waals surface area contributed by atoms with Crippen LogP contribution in [-0.4, -0.2) is 17.7 Å². The molecule has 3 aromatic rings. The third-order valence-electron chi connectivity index (χ3n) is 4.70. The number of aliphatic hydroxyl groups is 1. The Morgan fingerprint density at radius 3 is 1.93 bits per heavy atom. The highest BCUT2D eigenvalue weighted by Crippen LogP contribution is 2.35. The van der Waals surface area contributed by atoms with Crippen LogP contribution in [0.5, 0.6) is 0 Å². The van der Waals surface area contributed by atoms with Gasteiger partial charge in [0.2, 0.25) is 0 Å². The highest BCUT2D eigenvalue weighted by atomic mass is 16.5. The van der Waals surface area contributed by atoms with Gasteiger partial charge in [0.15, 0.2) is 0 Å². The van der Waals surface area contributed by atoms with E-state index in [1.807, 2.05) is 85.8 Å². The molecule has 3 heteroatoms. The minimum Gasteiger partial charge on any atom is -0.466 e. The van der Waals surface area contributed by atoms with Gasteiger partial charge in [-0.2, -0.15) is 0 Å². The molecule has 0 saturated heterocycles. The van der Waals surface area contributed by atoms with Crippen molar-refractivity contribution >= 4 is 5.97 Å². The van der Waals surface area contributed by atoms with Crippen molar-refractivity contribution in [3.05, 3.63) is 95.6 Å². The SMILES string of the molecule is CCOC(=O)C[C@@](O)(c1ccc(C)cc1)c1ccc(-c2ccccc2)cc1. The summed E-state index contributed by atoms with van der Waals surface area (Å²) in [7, 11) is 0. The Morgan fingerprint density at radius 2 is 1.37 bits per heavy atom. The lowest BCUT2D eigenvalue weighted by Crippen LogP contribution is -2.31. The fourth-order valence-corrected chi connectivity index (χ4v) is 3.19. The quantitative estimate of drug-likeness (QED) is 0.639. The Balaban J connectivity index is 1.99. The topological polar surface area (TPSA) is 46.5 Å². The lowest BCUT2D eigenvalue weighted by molar-refractivity contribution is -0.147. The Labute approximate surface area is 160 Å². The van der Waals surface area contributed by atoms with Gasteiger partial charge in [-0.05, 0) is 36.1 Å². The van der Waals surface area contributed by atoms with Gasteiger partial charge in [-0.1, -0.05) is 84.4 Å². The molecule has 1 atom stereocenters. The normalized spacial score (nSPS) is 13.0. The van der Waals surface area contributed by atoms with Gasteiger partial charge in [0.1, 0.15) is 5.60 Å². The average molecular weight is 360 g/mol. The summed E-state index contributed by atoms with van der Waals surface area (Å²) in [6.07, 6.45) is -0.130. The van der Waals surface area contributed by atoms with Crippen molar-refractivity contribution in [3.8, 4) is 11.1 Å². The molecule has 138 valence electrons. The first kappa shape index (κ1) is 18.9. The predicted octanol–water partition coefficient (Wildman–Crippen LogP) is 4.85. The number of hydrogen-bond donors (Lipinski definition) is 1. The Kier molecular flexibility index (Phi) is 5.72. The van der Waals surface area contributed by atoms with Crippen LogP contribution in [0.2, 0.25) is 0 Å². The molecule has 0 aromatic heterocycles. The Morgan fingerprint density at radius 1 is 0.852 bits per heavy atom. The van der Waals surface area contributed by atoms with Crippen LogP contribution in [0.15, 0.2) is 78.9 Å². The molecule has 0 fully saturated rings. The maximum absolute atomic E-state index is 12.2. The fraction of sp³-hybridized carbons (Fsp3) is 0.208. The summed E-state index contributed by atoms with van der Waals surface area (Å²) >= 11 is 0. The van der Waals surface area contributed by atoms with Crippen LogP contribution in [0.1, 0.15) is 30.0 Å². The lowest BCUT2D eigenvalue weighted by Gasteiger charge is -2.29. The molecule has 0 aliphatic rings. The molecule has 3 aromatic carbocycles. The monoisotopic (exact) mass is 360 g/mol. The van der Waals surface area contributed by atoms with Crippen LogP contribution in [-0.2, 0) is 15.1 Å². The van der Waals surface area contributed by atoms with E-state index in [4.69, 9.17) is 4.74 Å². The van der Waals surface area contributed by atoms with Gasteiger partial charge < -0.3 is 9.84 Å². The van der Waals surface area contributed by atoms with Crippen molar-refractivity contribution in [2.24, 2.45) is 0 Å². The lowest BCUT2D eigenvalue weighted by atomic mass is 9.82. The zero-order valence-electron chi connectivity index (χ0n) is 15.7. The summed E-state index contributed by atoms with van der Waals surface area (Å²) < 4.78 is 5.10. The second kappa shape index (κ2) is 8.19. The third-order valence-corrected chi connectivity index (χ3v) is 4.70. The molecule has 0 bridgehead atoms. The first-order valence-corrected chi connectivity index (χ1v) is 9.14. The number of benzene rings is 3. The van der Waals surface area contributed by atoms with Gasteiger partial charge in [0.05, 0.1) is 13.0 Å². The molecular weight excluding hydrogens is 336 g/mol. The highest BCUT2D eigenvalue weighted by molar-refractivity contribution is 5.72. The highest BCUT2D eigenvalue weighted by Gasteiger charge is 2.35. The number of hydrogen-bond acceptors (Lipinski definition) is 3. The summed E-state index contributed by atoms with van der Waals surface area (Å²) in [4.78, 5) is 12.2. The molecule has 3 nitrogen and oxygen atoms in total. The van der Waals surface area contributed by atoms with Crippen molar-refractivity contribution in [2.75, 3.05) is 6.61 Å². The van der Waals surface area contributed by atoms with E-state index < -0.39 is 11.6 Å². The van der Waals surface area contributed by atoms with E-state index >= 15 is 0 Å². The average Bonchev–Trinajstić information content (AvgIpc) is 2.69. The van der Waals surface area contributed by atoms with Crippen molar-refractivity contribution in [1.82, 2.24) is 0 Å². The summed E-state index contributed by atoms with van der Waals surface area (Å²) in [5.74, 6) is -0.423. The van der Waals surface area contributed by atoms with Crippen molar-refractivity contribution in [1.29, 1.82) is 0 Å². The van der Waals surface area contributed by atoms with E-state index in [-0.39, 0.29) is 13.0 Å². The summed E-state index contributed by atoms with van der Waals surface area (Å²) in [6.45, 7) is 4.04. The number of esters is 1. The van der Waals surface area contributed by atoms with Gasteiger partial charge in [-0.25, -0.2) is 0 Å². The van der Waals surface area contributed by atoms with Crippen LogP contribution in [0.3, 0.4) is 0 Å². The first-order valence-electron chi connectivity index (χ1n) is 9.14. The second-order valence-corrected chi connectivity index (χ2v) is 6.65. The maximum atomic E-state index is 12.2. The molecule has 27 heavy (non-hydrogen) atoms. The van der Waals surface area contributed by atoms with Crippen LogP contribution in [0.4, 0.5) is 0 Å². The molecule has 1 N–H and O–H groups in total. The molecule has 0 amide bonds. The fourth-order valence-electron chi connectivity index (χ4n) is 3.19.